The number of nitrogens with one attached hydrogen (secondary N) is 1. The molecule has 2 aromatic rings. The van der Waals surface area contributed by atoms with Crippen LogP contribution in [-0.4, -0.2) is 40.2 Å². The highest BCUT2D eigenvalue weighted by Gasteiger charge is 2.55. The molecule has 1 N–H and O–H groups in total. The Balaban J connectivity index is 1.94. The number of rotatable bonds is 6. The number of Topliss-reactive ketones (excluding diaryl/α,β-unsaturated/α-hetero) is 1. The first-order chi connectivity index (χ1) is 15.3. The van der Waals surface area contributed by atoms with Crippen LogP contribution in [0.2, 0.25) is 0 Å². The second-order valence-electron chi connectivity index (χ2n) is 9.47. The molecule has 0 bridgehead atoms. The van der Waals surface area contributed by atoms with Crippen molar-refractivity contribution in [1.82, 2.24) is 4.90 Å². The maximum Gasteiger partial charge on any atom is 0.418 e. The molecule has 0 radical (unpaired) electrons. The van der Waals surface area contributed by atoms with Gasteiger partial charge in [0.05, 0.1) is 5.69 Å². The lowest BCUT2D eigenvalue weighted by Gasteiger charge is -2.28. The zero-order valence-corrected chi connectivity index (χ0v) is 19.6. The number of ether oxygens (including phenoxy) is 2. The van der Waals surface area contributed by atoms with Gasteiger partial charge in [-0.05, 0) is 45.0 Å². The molecular formula is C25H28N2O6. The zero-order valence-electron chi connectivity index (χ0n) is 19.6. The molecule has 0 spiro atoms. The van der Waals surface area contributed by atoms with Crippen molar-refractivity contribution in [2.24, 2.45) is 5.41 Å². The summed E-state index contributed by atoms with van der Waals surface area (Å²) >= 11 is 0. The Kier molecular flexibility index (Phi) is 6.31. The summed E-state index contributed by atoms with van der Waals surface area (Å²) in [6, 6.07) is 12.4. The Hall–Kier alpha value is -3.68. The van der Waals surface area contributed by atoms with Gasteiger partial charge in [0, 0.05) is 5.41 Å². The van der Waals surface area contributed by atoms with Gasteiger partial charge in [-0.1, -0.05) is 50.6 Å². The fourth-order valence-corrected chi connectivity index (χ4v) is 3.26. The molecule has 0 aliphatic carbocycles. The molecule has 1 heterocycles. The van der Waals surface area contributed by atoms with Gasteiger partial charge in [0.1, 0.15) is 5.75 Å². The van der Waals surface area contributed by atoms with Gasteiger partial charge in [-0.15, -0.1) is 0 Å². The van der Waals surface area contributed by atoms with Gasteiger partial charge in [0.25, 0.3) is 11.8 Å². The van der Waals surface area contributed by atoms with Gasteiger partial charge in [-0.3, -0.25) is 14.4 Å². The van der Waals surface area contributed by atoms with Gasteiger partial charge < -0.3 is 14.8 Å². The molecule has 1 saturated heterocycles. The van der Waals surface area contributed by atoms with Crippen LogP contribution in [0, 0.1) is 12.3 Å². The molecule has 33 heavy (non-hydrogen) atoms. The van der Waals surface area contributed by atoms with E-state index in [2.05, 4.69) is 5.32 Å². The number of carbonyl (C=O) groups is 4. The van der Waals surface area contributed by atoms with E-state index in [0.29, 0.717) is 16.4 Å². The molecule has 8 heteroatoms. The van der Waals surface area contributed by atoms with Crippen LogP contribution in [0.3, 0.4) is 0 Å². The number of amides is 3. The number of carbonyl (C=O) groups excluding carboxylic acids is 4. The number of benzene rings is 2. The normalized spacial score (nSPS) is 16.2. The third-order valence-corrected chi connectivity index (χ3v) is 5.16. The molecule has 8 nitrogen and oxygen atoms in total. The minimum absolute atomic E-state index is 0.286. The number of cyclic esters (lactones) is 1. The van der Waals surface area contributed by atoms with Gasteiger partial charge in [0.15, 0.2) is 23.2 Å². The monoisotopic (exact) mass is 452 g/mol. The summed E-state index contributed by atoms with van der Waals surface area (Å²) in [7, 11) is 0. The van der Waals surface area contributed by atoms with Crippen LogP contribution in [0.5, 0.6) is 11.5 Å². The Morgan fingerprint density at radius 3 is 2.18 bits per heavy atom. The largest absolute Gasteiger partial charge is 0.455 e. The fourth-order valence-electron chi connectivity index (χ4n) is 3.26. The summed E-state index contributed by atoms with van der Waals surface area (Å²) in [6.45, 7) is 9.61. The Morgan fingerprint density at radius 2 is 1.64 bits per heavy atom. The van der Waals surface area contributed by atoms with Gasteiger partial charge in [0.2, 0.25) is 0 Å². The van der Waals surface area contributed by atoms with Crippen LogP contribution in [-0.2, 0) is 19.1 Å². The van der Waals surface area contributed by atoms with E-state index in [4.69, 9.17) is 9.47 Å². The lowest BCUT2D eigenvalue weighted by molar-refractivity contribution is -0.145. The summed E-state index contributed by atoms with van der Waals surface area (Å²) < 4.78 is 11.0. The number of imide groups is 1. The second kappa shape index (κ2) is 8.69. The molecule has 1 unspecified atom stereocenters. The first-order valence-electron chi connectivity index (χ1n) is 10.6. The van der Waals surface area contributed by atoms with Crippen LogP contribution in [0.15, 0.2) is 48.5 Å². The van der Waals surface area contributed by atoms with Crippen LogP contribution >= 0.6 is 0 Å². The minimum Gasteiger partial charge on any atom is -0.455 e. The molecule has 1 aliphatic heterocycles. The Labute approximate surface area is 192 Å². The van der Waals surface area contributed by atoms with E-state index >= 15 is 0 Å². The van der Waals surface area contributed by atoms with Gasteiger partial charge >= 0.3 is 6.09 Å². The number of anilines is 1. The van der Waals surface area contributed by atoms with Crippen LogP contribution in [0.25, 0.3) is 0 Å². The van der Waals surface area contributed by atoms with Crippen molar-refractivity contribution < 1.29 is 28.7 Å². The zero-order chi connectivity index (χ0) is 24.6. The van der Waals surface area contributed by atoms with Gasteiger partial charge in [-0.2, -0.15) is 0 Å². The highest BCUT2D eigenvalue weighted by Crippen LogP contribution is 2.32. The molecule has 2 aromatic carbocycles. The van der Waals surface area contributed by atoms with Crippen molar-refractivity contribution in [3.63, 3.8) is 0 Å². The smallest absolute Gasteiger partial charge is 0.418 e. The average molecular weight is 453 g/mol. The van der Waals surface area contributed by atoms with E-state index in [1.165, 1.54) is 13.8 Å². The third-order valence-electron chi connectivity index (χ3n) is 5.16. The van der Waals surface area contributed by atoms with Crippen molar-refractivity contribution in [3.8, 4) is 11.5 Å². The molecule has 174 valence electrons. The predicted molar refractivity (Wildman–Crippen MR) is 122 cm³/mol. The summed E-state index contributed by atoms with van der Waals surface area (Å²) in [5.74, 6) is -1.29. The van der Waals surface area contributed by atoms with Crippen molar-refractivity contribution in [1.29, 1.82) is 0 Å². The molecule has 0 saturated carbocycles. The predicted octanol–water partition coefficient (Wildman–Crippen LogP) is 4.47. The number of para-hydroxylation sites is 2. The molecule has 3 amide bonds. The lowest BCUT2D eigenvalue weighted by Crippen LogP contribution is -2.55. The van der Waals surface area contributed by atoms with Crippen molar-refractivity contribution in [2.45, 2.75) is 53.2 Å². The molecule has 0 aromatic heterocycles. The topological polar surface area (TPSA) is 102 Å². The Morgan fingerprint density at radius 1 is 1.03 bits per heavy atom. The van der Waals surface area contributed by atoms with E-state index in [1.54, 1.807) is 57.2 Å². The second-order valence-corrected chi connectivity index (χ2v) is 9.47. The maximum atomic E-state index is 13.4. The summed E-state index contributed by atoms with van der Waals surface area (Å²) in [6.07, 6.45) is -1.04. The van der Waals surface area contributed by atoms with E-state index in [0.717, 1.165) is 5.56 Å². The van der Waals surface area contributed by atoms with Crippen LogP contribution in [0.1, 0.15) is 40.2 Å². The molecule has 1 atom stereocenters. The van der Waals surface area contributed by atoms with Crippen molar-refractivity contribution >= 4 is 29.4 Å². The maximum absolute atomic E-state index is 13.4. The lowest BCUT2D eigenvalue weighted by atomic mass is 9.85. The quantitative estimate of drug-likeness (QED) is 0.649. The van der Waals surface area contributed by atoms with Crippen LogP contribution < -0.4 is 10.1 Å². The number of nitrogens with zero attached hydrogens (tertiary/aromatic N) is 1. The average Bonchev–Trinajstić information content (AvgIpc) is 2.92. The highest BCUT2D eigenvalue weighted by atomic mass is 16.6. The van der Waals surface area contributed by atoms with Gasteiger partial charge in [-0.25, -0.2) is 9.69 Å². The van der Waals surface area contributed by atoms with E-state index < -0.39 is 40.7 Å². The van der Waals surface area contributed by atoms with Crippen molar-refractivity contribution in [3.05, 3.63) is 54.1 Å². The number of ketones is 1. The van der Waals surface area contributed by atoms with Crippen molar-refractivity contribution in [2.75, 3.05) is 5.32 Å². The number of hydrogen-bond donors (Lipinski definition) is 1. The SMILES string of the molecule is Cc1ccc(Oc2ccccc2NC(=O)C(C(=O)C(C)(C)C)N2C(=O)OC(C)(C)C2=O)cc1. The summed E-state index contributed by atoms with van der Waals surface area (Å²) in [4.78, 5) is 52.5. The first-order valence-corrected chi connectivity index (χ1v) is 10.6. The minimum atomic E-state index is -1.70. The van der Waals surface area contributed by atoms with Crippen LogP contribution in [0.4, 0.5) is 10.5 Å². The number of hydrogen-bond acceptors (Lipinski definition) is 6. The first kappa shape index (κ1) is 24.0. The number of aryl methyl sites for hydroxylation is 1. The highest BCUT2D eigenvalue weighted by molar-refractivity contribution is 6.19. The summed E-state index contributed by atoms with van der Waals surface area (Å²) in [5, 5.41) is 2.65. The van der Waals surface area contributed by atoms with E-state index in [-0.39, 0.29) is 5.69 Å². The Bertz CT molecular complexity index is 1100. The van der Waals surface area contributed by atoms with E-state index in [1.807, 2.05) is 19.1 Å². The summed E-state index contributed by atoms with van der Waals surface area (Å²) in [5.41, 5.74) is -1.13. The van der Waals surface area contributed by atoms with E-state index in [9.17, 15) is 19.2 Å². The third kappa shape index (κ3) is 5.05. The molecule has 3 rings (SSSR count). The standard InChI is InChI=1S/C25H28N2O6/c1-15-11-13-16(14-12-15)32-18-10-8-7-9-17(18)26-21(29)19(20(28)24(2,3)4)27-22(30)25(5,6)33-23(27)31/h7-14,19H,1-6H3,(H,26,29). The molecule has 1 fully saturated rings. The fraction of sp³-hybridized carbons (Fsp3) is 0.360. The molecular weight excluding hydrogens is 424 g/mol. The molecule has 1 aliphatic rings.